The standard InChI is InChI=1S/C15H24N4O3S.ClH/c1-11-7-13(19-22-11)18-15(21)10-23-9-14(20)17-6-4-12-3-2-5-16-8-12;/h7,12,16H,2-6,8-10H2,1H3,(H,17,20)(H,18,19,21);1H. The molecule has 1 aromatic heterocycles. The van der Waals surface area contributed by atoms with Crippen molar-refractivity contribution < 1.29 is 14.1 Å². The highest BCUT2D eigenvalue weighted by Crippen LogP contribution is 2.13. The van der Waals surface area contributed by atoms with E-state index in [0.29, 0.717) is 24.0 Å². The molecule has 1 aliphatic rings. The van der Waals surface area contributed by atoms with Crippen molar-refractivity contribution in [2.75, 3.05) is 36.5 Å². The number of piperidine rings is 1. The molecule has 1 aromatic rings. The smallest absolute Gasteiger partial charge is 0.235 e. The van der Waals surface area contributed by atoms with Crippen molar-refractivity contribution >= 4 is 41.8 Å². The van der Waals surface area contributed by atoms with Gasteiger partial charge in [-0.05, 0) is 45.2 Å². The normalized spacial score (nSPS) is 17.0. The van der Waals surface area contributed by atoms with Crippen molar-refractivity contribution in [3.63, 3.8) is 0 Å². The van der Waals surface area contributed by atoms with Crippen LogP contribution in [0.2, 0.25) is 0 Å². The SMILES string of the molecule is Cc1cc(NC(=O)CSCC(=O)NCCC2CCCNC2)no1.Cl. The van der Waals surface area contributed by atoms with E-state index in [1.54, 1.807) is 13.0 Å². The monoisotopic (exact) mass is 376 g/mol. The average Bonchev–Trinajstić information content (AvgIpc) is 2.93. The summed E-state index contributed by atoms with van der Waals surface area (Å²) in [6.45, 7) is 4.61. The molecule has 0 radical (unpaired) electrons. The van der Waals surface area contributed by atoms with Gasteiger partial charge in [0.05, 0.1) is 11.5 Å². The molecule has 0 bridgehead atoms. The average molecular weight is 377 g/mol. The third-order valence-corrected chi connectivity index (χ3v) is 4.57. The molecule has 2 rings (SSSR count). The van der Waals surface area contributed by atoms with Crippen molar-refractivity contribution in [1.29, 1.82) is 0 Å². The van der Waals surface area contributed by atoms with Crippen LogP contribution in [0.5, 0.6) is 0 Å². The van der Waals surface area contributed by atoms with E-state index in [2.05, 4.69) is 21.1 Å². The number of rotatable bonds is 8. The van der Waals surface area contributed by atoms with Gasteiger partial charge in [0.2, 0.25) is 11.8 Å². The summed E-state index contributed by atoms with van der Waals surface area (Å²) in [6, 6.07) is 1.65. The molecule has 1 atom stereocenters. The van der Waals surface area contributed by atoms with Gasteiger partial charge in [-0.2, -0.15) is 0 Å². The Morgan fingerprint density at radius 2 is 2.21 bits per heavy atom. The zero-order chi connectivity index (χ0) is 16.5. The van der Waals surface area contributed by atoms with Crippen LogP contribution in [0.4, 0.5) is 5.82 Å². The Morgan fingerprint density at radius 3 is 2.88 bits per heavy atom. The molecular weight excluding hydrogens is 352 g/mol. The highest BCUT2D eigenvalue weighted by atomic mass is 35.5. The van der Waals surface area contributed by atoms with Gasteiger partial charge in [0, 0.05) is 12.6 Å². The molecule has 24 heavy (non-hydrogen) atoms. The van der Waals surface area contributed by atoms with Crippen LogP contribution < -0.4 is 16.0 Å². The second-order valence-corrected chi connectivity index (χ2v) is 6.70. The lowest BCUT2D eigenvalue weighted by Crippen LogP contribution is -2.33. The second kappa shape index (κ2) is 11.3. The van der Waals surface area contributed by atoms with Crippen LogP contribution in [0.25, 0.3) is 0 Å². The maximum absolute atomic E-state index is 11.7. The van der Waals surface area contributed by atoms with Crippen molar-refractivity contribution in [2.45, 2.75) is 26.2 Å². The molecule has 1 aliphatic heterocycles. The van der Waals surface area contributed by atoms with Crippen LogP contribution >= 0.6 is 24.2 Å². The molecule has 1 fully saturated rings. The third-order valence-electron chi connectivity index (χ3n) is 3.64. The Hall–Kier alpha value is -1.25. The van der Waals surface area contributed by atoms with E-state index in [0.717, 1.165) is 19.5 Å². The van der Waals surface area contributed by atoms with E-state index in [-0.39, 0.29) is 35.7 Å². The predicted molar refractivity (Wildman–Crippen MR) is 97.7 cm³/mol. The van der Waals surface area contributed by atoms with Gasteiger partial charge in [-0.15, -0.1) is 24.2 Å². The van der Waals surface area contributed by atoms with Crippen LogP contribution in [-0.2, 0) is 9.59 Å². The van der Waals surface area contributed by atoms with E-state index in [4.69, 9.17) is 4.52 Å². The minimum Gasteiger partial charge on any atom is -0.360 e. The second-order valence-electron chi connectivity index (χ2n) is 5.71. The number of amides is 2. The molecule has 1 unspecified atom stereocenters. The highest BCUT2D eigenvalue weighted by Gasteiger charge is 2.13. The molecule has 1 saturated heterocycles. The van der Waals surface area contributed by atoms with E-state index in [9.17, 15) is 9.59 Å². The largest absolute Gasteiger partial charge is 0.360 e. The van der Waals surface area contributed by atoms with Crippen LogP contribution in [-0.4, -0.2) is 48.1 Å². The van der Waals surface area contributed by atoms with Gasteiger partial charge in [0.15, 0.2) is 5.82 Å². The quantitative estimate of drug-likeness (QED) is 0.637. The number of nitrogens with zero attached hydrogens (tertiary/aromatic N) is 1. The van der Waals surface area contributed by atoms with E-state index in [1.165, 1.54) is 24.6 Å². The lowest BCUT2D eigenvalue weighted by atomic mass is 9.96. The van der Waals surface area contributed by atoms with Crippen LogP contribution in [0.15, 0.2) is 10.6 Å². The summed E-state index contributed by atoms with van der Waals surface area (Å²) in [7, 11) is 0. The highest BCUT2D eigenvalue weighted by molar-refractivity contribution is 8.00. The van der Waals surface area contributed by atoms with Gasteiger partial charge in [-0.3, -0.25) is 9.59 Å². The number of hydrogen-bond donors (Lipinski definition) is 3. The minimum atomic E-state index is -0.190. The Morgan fingerprint density at radius 1 is 1.42 bits per heavy atom. The molecule has 9 heteroatoms. The lowest BCUT2D eigenvalue weighted by molar-refractivity contribution is -0.118. The fourth-order valence-corrected chi connectivity index (χ4v) is 3.12. The topological polar surface area (TPSA) is 96.3 Å². The Bertz CT molecular complexity index is 521. The Kier molecular flexibility index (Phi) is 9.82. The number of carbonyl (C=O) groups excluding carboxylic acids is 2. The number of carbonyl (C=O) groups is 2. The summed E-state index contributed by atoms with van der Waals surface area (Å²) in [4.78, 5) is 23.4. The van der Waals surface area contributed by atoms with E-state index < -0.39 is 0 Å². The fraction of sp³-hybridized carbons (Fsp3) is 0.667. The van der Waals surface area contributed by atoms with Crippen LogP contribution in [0, 0.1) is 12.8 Å². The molecule has 0 aromatic carbocycles. The molecule has 7 nitrogen and oxygen atoms in total. The molecular formula is C15H25ClN4O3S. The first-order valence-corrected chi connectivity index (χ1v) is 9.07. The van der Waals surface area contributed by atoms with Gasteiger partial charge < -0.3 is 20.5 Å². The minimum absolute atomic E-state index is 0. The first-order chi connectivity index (χ1) is 11.1. The summed E-state index contributed by atoms with van der Waals surface area (Å²) in [5.74, 6) is 1.99. The van der Waals surface area contributed by atoms with Gasteiger partial charge >= 0.3 is 0 Å². The summed E-state index contributed by atoms with van der Waals surface area (Å²) in [6.07, 6.45) is 3.46. The molecule has 2 amide bonds. The first-order valence-electron chi connectivity index (χ1n) is 7.92. The molecule has 3 N–H and O–H groups in total. The Balaban J connectivity index is 0.00000288. The van der Waals surface area contributed by atoms with Gasteiger partial charge in [-0.25, -0.2) is 0 Å². The first kappa shape index (κ1) is 20.8. The number of aromatic nitrogens is 1. The molecule has 0 spiro atoms. The lowest BCUT2D eigenvalue weighted by Gasteiger charge is -2.22. The zero-order valence-electron chi connectivity index (χ0n) is 13.8. The van der Waals surface area contributed by atoms with Crippen molar-refractivity contribution in [2.24, 2.45) is 5.92 Å². The van der Waals surface area contributed by atoms with Gasteiger partial charge in [0.25, 0.3) is 0 Å². The van der Waals surface area contributed by atoms with Crippen LogP contribution in [0.3, 0.4) is 0 Å². The number of aryl methyl sites for hydroxylation is 1. The van der Waals surface area contributed by atoms with Crippen molar-refractivity contribution in [3.05, 3.63) is 11.8 Å². The number of hydrogen-bond acceptors (Lipinski definition) is 6. The van der Waals surface area contributed by atoms with Crippen LogP contribution in [0.1, 0.15) is 25.0 Å². The number of anilines is 1. The molecule has 0 saturated carbocycles. The van der Waals surface area contributed by atoms with Crippen molar-refractivity contribution in [3.8, 4) is 0 Å². The third kappa shape index (κ3) is 8.03. The van der Waals surface area contributed by atoms with Crippen molar-refractivity contribution in [1.82, 2.24) is 15.8 Å². The van der Waals surface area contributed by atoms with E-state index in [1.807, 2.05) is 0 Å². The summed E-state index contributed by atoms with van der Waals surface area (Å²) >= 11 is 1.29. The fourth-order valence-electron chi connectivity index (χ4n) is 2.48. The number of halogens is 1. The zero-order valence-corrected chi connectivity index (χ0v) is 15.4. The van der Waals surface area contributed by atoms with Gasteiger partial charge in [-0.1, -0.05) is 5.16 Å². The summed E-state index contributed by atoms with van der Waals surface area (Å²) in [5.41, 5.74) is 0. The summed E-state index contributed by atoms with van der Waals surface area (Å²) < 4.78 is 4.86. The summed E-state index contributed by atoms with van der Waals surface area (Å²) in [5, 5.41) is 12.6. The molecule has 136 valence electrons. The number of nitrogens with one attached hydrogen (secondary N) is 3. The molecule has 0 aliphatic carbocycles. The number of thioether (sulfide) groups is 1. The Labute approximate surface area is 152 Å². The maximum Gasteiger partial charge on any atom is 0.235 e. The molecule has 2 heterocycles. The van der Waals surface area contributed by atoms with E-state index >= 15 is 0 Å². The van der Waals surface area contributed by atoms with Gasteiger partial charge in [0.1, 0.15) is 5.76 Å². The maximum atomic E-state index is 11.7. The predicted octanol–water partition coefficient (Wildman–Crippen LogP) is 1.58.